The fourth-order valence-electron chi connectivity index (χ4n) is 2.96. The summed E-state index contributed by atoms with van der Waals surface area (Å²) in [5.41, 5.74) is 0.957. The van der Waals surface area contributed by atoms with Crippen LogP contribution >= 0.6 is 0 Å². The number of H-pyrrole nitrogens is 1. The molecule has 2 aromatic rings. The first kappa shape index (κ1) is 17.3. The maximum atomic E-state index is 12.6. The zero-order valence-corrected chi connectivity index (χ0v) is 14.8. The number of fused-ring (bicyclic) bond motifs is 1. The Kier molecular flexibility index (Phi) is 4.65. The van der Waals surface area contributed by atoms with E-state index in [0.717, 1.165) is 10.9 Å². The predicted octanol–water partition coefficient (Wildman–Crippen LogP) is 2.69. The smallest absolute Gasteiger partial charge is 0.410 e. The average Bonchev–Trinajstić information content (AvgIpc) is 3.02. The second kappa shape index (κ2) is 6.74. The highest BCUT2D eigenvalue weighted by Crippen LogP contribution is 2.18. The molecule has 25 heavy (non-hydrogen) atoms. The Morgan fingerprint density at radius 1 is 1.28 bits per heavy atom. The first-order chi connectivity index (χ1) is 11.8. The van der Waals surface area contributed by atoms with Crippen LogP contribution in [0.5, 0.6) is 0 Å². The summed E-state index contributed by atoms with van der Waals surface area (Å²) in [7, 11) is 0. The third-order valence-electron chi connectivity index (χ3n) is 4.21. The number of amides is 2. The van der Waals surface area contributed by atoms with E-state index in [1.165, 1.54) is 0 Å². The molecule has 1 aromatic heterocycles. The van der Waals surface area contributed by atoms with E-state index in [2.05, 4.69) is 15.5 Å². The topological polar surface area (TPSA) is 87.3 Å². The van der Waals surface area contributed by atoms with E-state index in [-0.39, 0.29) is 18.0 Å². The molecule has 0 atom stereocenters. The van der Waals surface area contributed by atoms with Gasteiger partial charge in [0.1, 0.15) is 5.60 Å². The highest BCUT2D eigenvalue weighted by molar-refractivity contribution is 6.06. The number of aromatic amines is 1. The number of rotatable bonds is 2. The molecule has 1 saturated heterocycles. The molecule has 134 valence electrons. The second-order valence-electron chi connectivity index (χ2n) is 7.35. The third-order valence-corrected chi connectivity index (χ3v) is 4.21. The van der Waals surface area contributed by atoms with E-state index in [1.54, 1.807) is 17.2 Å². The van der Waals surface area contributed by atoms with Crippen LogP contribution in [0.25, 0.3) is 10.9 Å². The number of nitrogens with one attached hydrogen (secondary N) is 2. The van der Waals surface area contributed by atoms with Crippen molar-refractivity contribution in [1.82, 2.24) is 20.4 Å². The minimum Gasteiger partial charge on any atom is -0.444 e. The quantitative estimate of drug-likeness (QED) is 0.877. The Hall–Kier alpha value is -2.57. The number of likely N-dealkylation sites (tertiary alicyclic amines) is 1. The van der Waals surface area contributed by atoms with Crippen molar-refractivity contribution in [3.05, 3.63) is 30.0 Å². The minimum absolute atomic E-state index is 0.0494. The van der Waals surface area contributed by atoms with E-state index in [9.17, 15) is 9.59 Å². The molecule has 2 heterocycles. The number of hydrogen-bond acceptors (Lipinski definition) is 4. The zero-order chi connectivity index (χ0) is 18.0. The van der Waals surface area contributed by atoms with E-state index >= 15 is 0 Å². The van der Waals surface area contributed by atoms with Crippen LogP contribution in [0.1, 0.15) is 44.0 Å². The molecular formula is C18H24N4O3. The average molecular weight is 344 g/mol. The summed E-state index contributed by atoms with van der Waals surface area (Å²) in [6.45, 7) is 6.72. The SMILES string of the molecule is CC(C)(C)OC(=O)N1CCC(NC(=O)c2cccc3[nH]ncc23)CC1. The van der Waals surface area contributed by atoms with E-state index in [0.29, 0.717) is 31.5 Å². The van der Waals surface area contributed by atoms with Crippen molar-refractivity contribution in [2.75, 3.05) is 13.1 Å². The monoisotopic (exact) mass is 344 g/mol. The molecule has 1 aliphatic heterocycles. The van der Waals surface area contributed by atoms with Crippen LogP contribution in [0.15, 0.2) is 24.4 Å². The van der Waals surface area contributed by atoms with Crippen molar-refractivity contribution in [3.8, 4) is 0 Å². The van der Waals surface area contributed by atoms with Gasteiger partial charge < -0.3 is 15.0 Å². The number of ether oxygens (including phenoxy) is 1. The summed E-state index contributed by atoms with van der Waals surface area (Å²) < 4.78 is 5.39. The van der Waals surface area contributed by atoms with Gasteiger partial charge in [-0.2, -0.15) is 5.10 Å². The Labute approximate surface area is 146 Å². The molecule has 2 amide bonds. The molecule has 0 saturated carbocycles. The normalized spacial score (nSPS) is 16.0. The Morgan fingerprint density at radius 3 is 2.68 bits per heavy atom. The summed E-state index contributed by atoms with van der Waals surface area (Å²) in [4.78, 5) is 26.4. The van der Waals surface area contributed by atoms with Crippen molar-refractivity contribution in [2.45, 2.75) is 45.3 Å². The molecule has 7 nitrogen and oxygen atoms in total. The van der Waals surface area contributed by atoms with Crippen LogP contribution in [-0.4, -0.2) is 51.8 Å². The molecule has 1 aromatic carbocycles. The lowest BCUT2D eigenvalue weighted by Crippen LogP contribution is -2.47. The predicted molar refractivity (Wildman–Crippen MR) is 94.4 cm³/mol. The molecule has 0 unspecified atom stereocenters. The van der Waals surface area contributed by atoms with Gasteiger partial charge in [0.2, 0.25) is 0 Å². The standard InChI is InChI=1S/C18H24N4O3/c1-18(2,3)25-17(24)22-9-7-12(8-10-22)20-16(23)13-5-4-6-15-14(13)11-19-21-15/h4-6,11-12H,7-10H2,1-3H3,(H,19,21)(H,20,23). The number of carbonyl (C=O) groups is 2. The highest BCUT2D eigenvalue weighted by atomic mass is 16.6. The first-order valence-electron chi connectivity index (χ1n) is 8.54. The van der Waals surface area contributed by atoms with Crippen molar-refractivity contribution >= 4 is 22.9 Å². The van der Waals surface area contributed by atoms with Crippen LogP contribution in [-0.2, 0) is 4.74 Å². The van der Waals surface area contributed by atoms with Gasteiger partial charge >= 0.3 is 6.09 Å². The highest BCUT2D eigenvalue weighted by Gasteiger charge is 2.27. The van der Waals surface area contributed by atoms with Gasteiger partial charge in [0.05, 0.1) is 17.3 Å². The van der Waals surface area contributed by atoms with Gasteiger partial charge in [-0.3, -0.25) is 9.89 Å². The lowest BCUT2D eigenvalue weighted by Gasteiger charge is -2.33. The van der Waals surface area contributed by atoms with Crippen molar-refractivity contribution in [2.24, 2.45) is 0 Å². The van der Waals surface area contributed by atoms with Crippen LogP contribution in [0.2, 0.25) is 0 Å². The molecule has 7 heteroatoms. The minimum atomic E-state index is -0.495. The number of piperidine rings is 1. The largest absolute Gasteiger partial charge is 0.444 e. The van der Waals surface area contributed by atoms with Crippen molar-refractivity contribution in [3.63, 3.8) is 0 Å². The van der Waals surface area contributed by atoms with Crippen LogP contribution in [0.3, 0.4) is 0 Å². The van der Waals surface area contributed by atoms with Crippen LogP contribution in [0, 0.1) is 0 Å². The molecular weight excluding hydrogens is 320 g/mol. The number of aromatic nitrogens is 2. The van der Waals surface area contributed by atoms with Gasteiger partial charge in [-0.15, -0.1) is 0 Å². The third kappa shape index (κ3) is 4.10. The summed E-state index contributed by atoms with van der Waals surface area (Å²) >= 11 is 0. The van der Waals surface area contributed by atoms with Crippen LogP contribution < -0.4 is 5.32 Å². The molecule has 3 rings (SSSR count). The van der Waals surface area contributed by atoms with Gasteiger partial charge in [-0.25, -0.2) is 4.79 Å². The van der Waals surface area contributed by atoms with Crippen LogP contribution in [0.4, 0.5) is 4.79 Å². The maximum Gasteiger partial charge on any atom is 0.410 e. The fraction of sp³-hybridized carbons (Fsp3) is 0.500. The summed E-state index contributed by atoms with van der Waals surface area (Å²) in [6.07, 6.45) is 2.80. The number of carbonyl (C=O) groups excluding carboxylic acids is 2. The summed E-state index contributed by atoms with van der Waals surface area (Å²) in [6, 6.07) is 5.57. The Bertz CT molecular complexity index is 770. The van der Waals surface area contributed by atoms with Gasteiger partial charge in [0, 0.05) is 24.5 Å². The molecule has 0 bridgehead atoms. The summed E-state index contributed by atoms with van der Waals surface area (Å²) in [5, 5.41) is 10.7. The van der Waals surface area contributed by atoms with Gasteiger partial charge in [-0.1, -0.05) is 6.07 Å². The Balaban J connectivity index is 1.56. The van der Waals surface area contributed by atoms with Gasteiger partial charge in [0.15, 0.2) is 0 Å². The lowest BCUT2D eigenvalue weighted by molar-refractivity contribution is 0.0199. The van der Waals surface area contributed by atoms with Gasteiger partial charge in [-0.05, 0) is 45.7 Å². The fourth-order valence-corrected chi connectivity index (χ4v) is 2.96. The molecule has 0 spiro atoms. The molecule has 1 aliphatic rings. The number of hydrogen-bond donors (Lipinski definition) is 2. The van der Waals surface area contributed by atoms with Gasteiger partial charge in [0.25, 0.3) is 5.91 Å². The molecule has 0 aliphatic carbocycles. The Morgan fingerprint density at radius 2 is 2.00 bits per heavy atom. The zero-order valence-electron chi connectivity index (χ0n) is 14.8. The molecule has 2 N–H and O–H groups in total. The second-order valence-corrected chi connectivity index (χ2v) is 7.35. The number of nitrogens with zero attached hydrogens (tertiary/aromatic N) is 2. The first-order valence-corrected chi connectivity index (χ1v) is 8.54. The molecule has 1 fully saturated rings. The lowest BCUT2D eigenvalue weighted by atomic mass is 10.0. The maximum absolute atomic E-state index is 12.6. The van der Waals surface area contributed by atoms with E-state index < -0.39 is 5.60 Å². The van der Waals surface area contributed by atoms with E-state index in [1.807, 2.05) is 32.9 Å². The number of benzene rings is 1. The summed E-state index contributed by atoms with van der Waals surface area (Å²) in [5.74, 6) is -0.109. The van der Waals surface area contributed by atoms with Crippen molar-refractivity contribution in [1.29, 1.82) is 0 Å². The van der Waals surface area contributed by atoms with Crippen molar-refractivity contribution < 1.29 is 14.3 Å². The molecule has 0 radical (unpaired) electrons. The van der Waals surface area contributed by atoms with E-state index in [4.69, 9.17) is 4.74 Å².